The molecular formula is C13H20O. The first-order valence-electron chi connectivity index (χ1n) is 5.30. The predicted molar refractivity (Wildman–Crippen MR) is 60.4 cm³/mol. The molecular weight excluding hydrogens is 172 g/mol. The molecule has 1 aromatic carbocycles. The topological polar surface area (TPSA) is 20.2 Å². The smallest absolute Gasteiger partial charge is 0.0546 e. The zero-order valence-electron chi connectivity index (χ0n) is 9.33. The average Bonchev–Trinajstić information content (AvgIpc) is 2.18. The number of aliphatic hydroxyl groups is 1. The van der Waals surface area contributed by atoms with Crippen LogP contribution in [0.4, 0.5) is 0 Å². The summed E-state index contributed by atoms with van der Waals surface area (Å²) >= 11 is 0. The van der Waals surface area contributed by atoms with Gasteiger partial charge in [-0.15, -0.1) is 0 Å². The van der Waals surface area contributed by atoms with Gasteiger partial charge in [0.25, 0.3) is 0 Å². The third kappa shape index (κ3) is 2.85. The van der Waals surface area contributed by atoms with Crippen molar-refractivity contribution in [3.8, 4) is 0 Å². The summed E-state index contributed by atoms with van der Waals surface area (Å²) in [4.78, 5) is 0. The molecule has 1 aromatic rings. The van der Waals surface area contributed by atoms with Gasteiger partial charge in [-0.25, -0.2) is 0 Å². The molecule has 1 heteroatoms. The number of benzene rings is 1. The van der Waals surface area contributed by atoms with Crippen molar-refractivity contribution >= 4 is 0 Å². The molecule has 1 atom stereocenters. The molecule has 0 aliphatic rings. The van der Waals surface area contributed by atoms with Crippen LogP contribution in [0.2, 0.25) is 0 Å². The minimum atomic E-state index is -0.190. The second-order valence-corrected chi connectivity index (χ2v) is 4.52. The summed E-state index contributed by atoms with van der Waals surface area (Å²) in [7, 11) is 0. The molecule has 0 aromatic heterocycles. The van der Waals surface area contributed by atoms with Gasteiger partial charge in [-0.1, -0.05) is 51.1 Å². The highest BCUT2D eigenvalue weighted by atomic mass is 16.3. The van der Waals surface area contributed by atoms with E-state index in [0.717, 1.165) is 12.8 Å². The molecule has 1 N–H and O–H groups in total. The van der Waals surface area contributed by atoms with Crippen molar-refractivity contribution in [2.24, 2.45) is 0 Å². The lowest BCUT2D eigenvalue weighted by Crippen LogP contribution is -2.24. The van der Waals surface area contributed by atoms with Gasteiger partial charge in [0, 0.05) is 0 Å². The molecule has 0 aliphatic carbocycles. The van der Waals surface area contributed by atoms with E-state index in [1.165, 1.54) is 5.56 Å². The van der Waals surface area contributed by atoms with E-state index >= 15 is 0 Å². The van der Waals surface area contributed by atoms with Crippen LogP contribution in [0.1, 0.15) is 39.2 Å². The average molecular weight is 192 g/mol. The lowest BCUT2D eigenvalue weighted by molar-refractivity contribution is 0.135. The highest BCUT2D eigenvalue weighted by Crippen LogP contribution is 2.28. The Hall–Kier alpha value is -0.820. The Morgan fingerprint density at radius 1 is 1.21 bits per heavy atom. The van der Waals surface area contributed by atoms with Gasteiger partial charge in [0.05, 0.1) is 6.10 Å². The summed E-state index contributed by atoms with van der Waals surface area (Å²) in [6.45, 7) is 6.38. The molecule has 78 valence electrons. The maximum Gasteiger partial charge on any atom is 0.0546 e. The summed E-state index contributed by atoms with van der Waals surface area (Å²) in [6, 6.07) is 10.4. The first-order chi connectivity index (χ1) is 6.56. The molecule has 0 saturated carbocycles. The Kier molecular flexibility index (Phi) is 3.70. The van der Waals surface area contributed by atoms with E-state index in [1.54, 1.807) is 0 Å². The summed E-state index contributed by atoms with van der Waals surface area (Å²) in [5.41, 5.74) is 1.36. The van der Waals surface area contributed by atoms with Gasteiger partial charge in [-0.2, -0.15) is 0 Å². The van der Waals surface area contributed by atoms with Crippen molar-refractivity contribution in [1.29, 1.82) is 0 Å². The van der Waals surface area contributed by atoms with Crippen LogP contribution in [0.25, 0.3) is 0 Å². The summed E-state index contributed by atoms with van der Waals surface area (Å²) in [5.74, 6) is 0. The third-order valence-electron chi connectivity index (χ3n) is 2.77. The Bertz CT molecular complexity index is 264. The SMILES string of the molecule is CCC(O)CC(C)(C)c1ccccc1. The monoisotopic (exact) mass is 192 g/mol. The van der Waals surface area contributed by atoms with Gasteiger partial charge < -0.3 is 5.11 Å². The maximum absolute atomic E-state index is 9.65. The van der Waals surface area contributed by atoms with Gasteiger partial charge in [0.1, 0.15) is 0 Å². The molecule has 1 rings (SSSR count). The summed E-state index contributed by atoms with van der Waals surface area (Å²) in [5, 5.41) is 9.65. The highest BCUT2D eigenvalue weighted by molar-refractivity contribution is 5.23. The summed E-state index contributed by atoms with van der Waals surface area (Å²) < 4.78 is 0. The molecule has 0 spiro atoms. The number of aliphatic hydroxyl groups excluding tert-OH is 1. The fourth-order valence-corrected chi connectivity index (χ4v) is 1.74. The van der Waals surface area contributed by atoms with Crippen LogP contribution in [0.3, 0.4) is 0 Å². The van der Waals surface area contributed by atoms with Gasteiger partial charge >= 0.3 is 0 Å². The Balaban J connectivity index is 2.75. The van der Waals surface area contributed by atoms with Crippen molar-refractivity contribution in [2.75, 3.05) is 0 Å². The minimum Gasteiger partial charge on any atom is -0.393 e. The normalized spacial score (nSPS) is 14.0. The lowest BCUT2D eigenvalue weighted by Gasteiger charge is -2.27. The quantitative estimate of drug-likeness (QED) is 0.777. The standard InChI is InChI=1S/C13H20O/c1-4-12(14)10-13(2,3)11-8-6-5-7-9-11/h5-9,12,14H,4,10H2,1-3H3. The molecule has 0 saturated heterocycles. The molecule has 0 aliphatic heterocycles. The molecule has 1 unspecified atom stereocenters. The Morgan fingerprint density at radius 2 is 1.79 bits per heavy atom. The number of hydrogen-bond acceptors (Lipinski definition) is 1. The van der Waals surface area contributed by atoms with Crippen molar-refractivity contribution < 1.29 is 5.11 Å². The van der Waals surface area contributed by atoms with Gasteiger partial charge in [0.2, 0.25) is 0 Å². The fourth-order valence-electron chi connectivity index (χ4n) is 1.74. The van der Waals surface area contributed by atoms with E-state index in [-0.39, 0.29) is 11.5 Å². The fraction of sp³-hybridized carbons (Fsp3) is 0.538. The van der Waals surface area contributed by atoms with E-state index in [0.29, 0.717) is 0 Å². The Morgan fingerprint density at radius 3 is 2.29 bits per heavy atom. The number of hydrogen-bond donors (Lipinski definition) is 1. The van der Waals surface area contributed by atoms with Gasteiger partial charge in [-0.05, 0) is 23.8 Å². The van der Waals surface area contributed by atoms with Crippen LogP contribution in [0, 0.1) is 0 Å². The van der Waals surface area contributed by atoms with Crippen molar-refractivity contribution in [2.45, 2.75) is 45.1 Å². The number of rotatable bonds is 4. The van der Waals surface area contributed by atoms with Gasteiger partial charge in [-0.3, -0.25) is 0 Å². The van der Waals surface area contributed by atoms with Crippen LogP contribution >= 0.6 is 0 Å². The molecule has 1 nitrogen and oxygen atoms in total. The van der Waals surface area contributed by atoms with E-state index in [1.807, 2.05) is 13.0 Å². The van der Waals surface area contributed by atoms with Crippen molar-refractivity contribution in [1.82, 2.24) is 0 Å². The first-order valence-corrected chi connectivity index (χ1v) is 5.30. The van der Waals surface area contributed by atoms with E-state index < -0.39 is 0 Å². The van der Waals surface area contributed by atoms with Crippen LogP contribution in [0.15, 0.2) is 30.3 Å². The van der Waals surface area contributed by atoms with Crippen LogP contribution in [-0.2, 0) is 5.41 Å². The zero-order chi connectivity index (χ0) is 10.6. The zero-order valence-corrected chi connectivity index (χ0v) is 9.33. The minimum absolute atomic E-state index is 0.0662. The molecule has 0 amide bonds. The van der Waals surface area contributed by atoms with Crippen molar-refractivity contribution in [3.05, 3.63) is 35.9 Å². The van der Waals surface area contributed by atoms with E-state index in [4.69, 9.17) is 0 Å². The highest BCUT2D eigenvalue weighted by Gasteiger charge is 2.22. The molecule has 0 radical (unpaired) electrons. The predicted octanol–water partition coefficient (Wildman–Crippen LogP) is 3.13. The second-order valence-electron chi connectivity index (χ2n) is 4.52. The largest absolute Gasteiger partial charge is 0.393 e. The maximum atomic E-state index is 9.65. The van der Waals surface area contributed by atoms with Gasteiger partial charge in [0.15, 0.2) is 0 Å². The Labute approximate surface area is 86.8 Å². The molecule has 0 fully saturated rings. The third-order valence-corrected chi connectivity index (χ3v) is 2.77. The van der Waals surface area contributed by atoms with Crippen molar-refractivity contribution in [3.63, 3.8) is 0 Å². The van der Waals surface area contributed by atoms with E-state index in [9.17, 15) is 5.11 Å². The molecule has 0 bridgehead atoms. The van der Waals surface area contributed by atoms with Crippen LogP contribution in [-0.4, -0.2) is 11.2 Å². The van der Waals surface area contributed by atoms with E-state index in [2.05, 4.69) is 38.1 Å². The molecule has 0 heterocycles. The molecule has 14 heavy (non-hydrogen) atoms. The second kappa shape index (κ2) is 4.61. The lowest BCUT2D eigenvalue weighted by atomic mass is 9.79. The van der Waals surface area contributed by atoms with Crippen LogP contribution < -0.4 is 0 Å². The van der Waals surface area contributed by atoms with Crippen LogP contribution in [0.5, 0.6) is 0 Å². The summed E-state index contributed by atoms with van der Waals surface area (Å²) in [6.07, 6.45) is 1.47. The first kappa shape index (κ1) is 11.3.